The molecule has 0 bridgehead atoms. The highest BCUT2D eigenvalue weighted by Gasteiger charge is 2.40. The van der Waals surface area contributed by atoms with Crippen LogP contribution >= 0.6 is 11.6 Å². The van der Waals surface area contributed by atoms with E-state index in [1.54, 1.807) is 30.3 Å². The molecule has 1 saturated carbocycles. The second-order valence-corrected chi connectivity index (χ2v) is 8.42. The van der Waals surface area contributed by atoms with Crippen molar-refractivity contribution in [1.82, 2.24) is 10.2 Å². The van der Waals surface area contributed by atoms with Crippen LogP contribution in [0, 0.1) is 0 Å². The minimum Gasteiger partial charge on any atom is -0.490 e. The van der Waals surface area contributed by atoms with Crippen molar-refractivity contribution >= 4 is 35.5 Å². The van der Waals surface area contributed by atoms with Crippen molar-refractivity contribution in [3.8, 4) is 11.5 Å². The molecule has 7 nitrogen and oxygen atoms in total. The quantitative estimate of drug-likeness (QED) is 0.469. The Labute approximate surface area is 197 Å². The number of hydrogen-bond donors (Lipinski definition) is 1. The summed E-state index contributed by atoms with van der Waals surface area (Å²) < 4.78 is 11.6. The summed E-state index contributed by atoms with van der Waals surface area (Å²) in [5.74, 6) is -0.221. The SMILES string of the molecule is CCOc1cc(/C=C2\C(=O)NC(=O)N(C3CCCC3)C2=O)ccc1OCc1ccc(Cl)cc1. The topological polar surface area (TPSA) is 84.9 Å². The van der Waals surface area contributed by atoms with Gasteiger partial charge in [0, 0.05) is 11.1 Å². The standard InChI is InChI=1S/C25H25ClN2O5/c1-2-32-22-14-17(9-12-21(22)33-15-16-7-10-18(26)11-8-16)13-20-23(29)27-25(31)28(24(20)30)19-5-3-4-6-19/h7-14,19H,2-6,15H2,1H3,(H,27,29,31)/b20-13+. The number of imide groups is 2. The van der Waals surface area contributed by atoms with Gasteiger partial charge in [0.15, 0.2) is 11.5 Å². The Balaban J connectivity index is 1.56. The lowest BCUT2D eigenvalue weighted by Crippen LogP contribution is -2.57. The number of ether oxygens (including phenoxy) is 2. The second-order valence-electron chi connectivity index (χ2n) is 7.99. The van der Waals surface area contributed by atoms with Crippen LogP contribution in [0.2, 0.25) is 5.02 Å². The molecule has 1 aliphatic heterocycles. The molecule has 2 fully saturated rings. The van der Waals surface area contributed by atoms with Gasteiger partial charge in [0.2, 0.25) is 0 Å². The first-order valence-electron chi connectivity index (χ1n) is 11.0. The van der Waals surface area contributed by atoms with Crippen LogP contribution in [-0.4, -0.2) is 35.4 Å². The van der Waals surface area contributed by atoms with E-state index in [0.29, 0.717) is 35.3 Å². The van der Waals surface area contributed by atoms with E-state index in [1.165, 1.54) is 11.0 Å². The molecule has 1 N–H and O–H groups in total. The highest BCUT2D eigenvalue weighted by atomic mass is 35.5. The lowest BCUT2D eigenvalue weighted by Gasteiger charge is -2.31. The Morgan fingerprint density at radius 2 is 1.76 bits per heavy atom. The summed E-state index contributed by atoms with van der Waals surface area (Å²) in [6, 6.07) is 11.7. The lowest BCUT2D eigenvalue weighted by atomic mass is 10.0. The maximum Gasteiger partial charge on any atom is 0.331 e. The maximum atomic E-state index is 13.0. The molecule has 1 saturated heterocycles. The number of carbonyl (C=O) groups is 3. The number of carbonyl (C=O) groups excluding carboxylic acids is 3. The molecule has 4 rings (SSSR count). The predicted molar refractivity (Wildman–Crippen MR) is 124 cm³/mol. The van der Waals surface area contributed by atoms with Crippen molar-refractivity contribution in [3.63, 3.8) is 0 Å². The zero-order valence-corrected chi connectivity index (χ0v) is 19.1. The number of barbiturate groups is 1. The minimum absolute atomic E-state index is 0.0706. The highest BCUT2D eigenvalue weighted by Crippen LogP contribution is 2.31. The third kappa shape index (κ3) is 5.20. The van der Waals surface area contributed by atoms with E-state index < -0.39 is 17.8 Å². The fourth-order valence-electron chi connectivity index (χ4n) is 4.08. The molecule has 8 heteroatoms. The smallest absolute Gasteiger partial charge is 0.331 e. The van der Waals surface area contributed by atoms with Gasteiger partial charge in [0.25, 0.3) is 11.8 Å². The van der Waals surface area contributed by atoms with Gasteiger partial charge < -0.3 is 9.47 Å². The van der Waals surface area contributed by atoms with Crippen LogP contribution in [0.3, 0.4) is 0 Å². The summed E-state index contributed by atoms with van der Waals surface area (Å²) in [5, 5.41) is 2.95. The first-order valence-corrected chi connectivity index (χ1v) is 11.4. The Kier molecular flexibility index (Phi) is 6.99. The predicted octanol–water partition coefficient (Wildman–Crippen LogP) is 4.72. The van der Waals surface area contributed by atoms with E-state index in [2.05, 4.69) is 5.32 Å². The van der Waals surface area contributed by atoms with E-state index in [0.717, 1.165) is 31.2 Å². The summed E-state index contributed by atoms with van der Waals surface area (Å²) in [4.78, 5) is 38.9. The number of halogens is 1. The van der Waals surface area contributed by atoms with Crippen LogP contribution < -0.4 is 14.8 Å². The van der Waals surface area contributed by atoms with Crippen LogP contribution in [-0.2, 0) is 16.2 Å². The molecule has 1 heterocycles. The monoisotopic (exact) mass is 468 g/mol. The molecule has 1 aliphatic carbocycles. The molecule has 0 atom stereocenters. The molecule has 0 spiro atoms. The average Bonchev–Trinajstić information content (AvgIpc) is 3.31. The van der Waals surface area contributed by atoms with Crippen LogP contribution in [0.1, 0.15) is 43.7 Å². The van der Waals surface area contributed by atoms with Crippen LogP contribution in [0.5, 0.6) is 11.5 Å². The zero-order valence-electron chi connectivity index (χ0n) is 18.3. The maximum absolute atomic E-state index is 13.0. The summed E-state index contributed by atoms with van der Waals surface area (Å²) in [5.41, 5.74) is 1.48. The van der Waals surface area contributed by atoms with Gasteiger partial charge in [-0.15, -0.1) is 0 Å². The van der Waals surface area contributed by atoms with Gasteiger partial charge in [-0.1, -0.05) is 42.6 Å². The third-order valence-corrected chi connectivity index (χ3v) is 5.96. The molecule has 2 aliphatic rings. The summed E-state index contributed by atoms with van der Waals surface area (Å²) in [7, 11) is 0. The molecule has 33 heavy (non-hydrogen) atoms. The average molecular weight is 469 g/mol. The minimum atomic E-state index is -0.694. The first kappa shape index (κ1) is 22.9. The van der Waals surface area contributed by atoms with Crippen molar-refractivity contribution in [3.05, 3.63) is 64.2 Å². The number of hydrogen-bond acceptors (Lipinski definition) is 5. The van der Waals surface area contributed by atoms with Crippen LogP contribution in [0.25, 0.3) is 6.08 Å². The number of rotatable bonds is 7. The molecule has 4 amide bonds. The molecule has 0 aromatic heterocycles. The van der Waals surface area contributed by atoms with E-state index in [-0.39, 0.29) is 11.6 Å². The van der Waals surface area contributed by atoms with Crippen LogP contribution in [0.15, 0.2) is 48.0 Å². The molecular formula is C25H25ClN2O5. The number of nitrogens with one attached hydrogen (secondary N) is 1. The van der Waals surface area contributed by atoms with Crippen molar-refractivity contribution in [2.24, 2.45) is 0 Å². The summed E-state index contributed by atoms with van der Waals surface area (Å²) >= 11 is 5.93. The highest BCUT2D eigenvalue weighted by molar-refractivity contribution is 6.31. The molecule has 0 unspecified atom stereocenters. The van der Waals surface area contributed by atoms with E-state index >= 15 is 0 Å². The van der Waals surface area contributed by atoms with Gasteiger partial charge in [-0.2, -0.15) is 0 Å². The largest absolute Gasteiger partial charge is 0.490 e. The van der Waals surface area contributed by atoms with Gasteiger partial charge in [0.05, 0.1) is 6.61 Å². The molecule has 172 valence electrons. The lowest BCUT2D eigenvalue weighted by molar-refractivity contribution is -0.131. The van der Waals surface area contributed by atoms with E-state index in [1.807, 2.05) is 19.1 Å². The van der Waals surface area contributed by atoms with Gasteiger partial charge in [0.1, 0.15) is 12.2 Å². The summed E-state index contributed by atoms with van der Waals surface area (Å²) in [6.07, 6.45) is 4.93. The van der Waals surface area contributed by atoms with E-state index in [9.17, 15) is 14.4 Å². The Morgan fingerprint density at radius 3 is 2.45 bits per heavy atom. The molecule has 2 aromatic rings. The van der Waals surface area contributed by atoms with Crippen molar-refractivity contribution in [2.45, 2.75) is 45.3 Å². The van der Waals surface area contributed by atoms with Crippen molar-refractivity contribution in [2.75, 3.05) is 6.61 Å². The first-order chi connectivity index (χ1) is 16.0. The second kappa shape index (κ2) is 10.1. The number of nitrogens with zero attached hydrogens (tertiary/aromatic N) is 1. The van der Waals surface area contributed by atoms with Gasteiger partial charge in [-0.3, -0.25) is 19.8 Å². The fourth-order valence-corrected chi connectivity index (χ4v) is 4.20. The van der Waals surface area contributed by atoms with Crippen LogP contribution in [0.4, 0.5) is 4.79 Å². The zero-order chi connectivity index (χ0) is 23.4. The Morgan fingerprint density at radius 1 is 1.03 bits per heavy atom. The van der Waals surface area contributed by atoms with Gasteiger partial charge in [-0.25, -0.2) is 4.79 Å². The van der Waals surface area contributed by atoms with Crippen molar-refractivity contribution < 1.29 is 23.9 Å². The number of benzene rings is 2. The number of urea groups is 1. The van der Waals surface area contributed by atoms with E-state index in [4.69, 9.17) is 21.1 Å². The van der Waals surface area contributed by atoms with Gasteiger partial charge >= 0.3 is 6.03 Å². The summed E-state index contributed by atoms with van der Waals surface area (Å²) in [6.45, 7) is 2.61. The molecule has 0 radical (unpaired) electrons. The molecular weight excluding hydrogens is 444 g/mol. The van der Waals surface area contributed by atoms with Crippen molar-refractivity contribution in [1.29, 1.82) is 0 Å². The molecule has 2 aromatic carbocycles. The normalized spacial score (nSPS) is 18.1. The fraction of sp³-hybridized carbons (Fsp3) is 0.320. The van der Waals surface area contributed by atoms with Gasteiger partial charge in [-0.05, 0) is 61.2 Å². The Bertz CT molecular complexity index is 1090. The Hall–Kier alpha value is -3.32. The third-order valence-electron chi connectivity index (χ3n) is 5.71. The number of amides is 4.